The second-order valence-electron chi connectivity index (χ2n) is 7.59. The minimum atomic E-state index is -0.221. The van der Waals surface area contributed by atoms with Crippen molar-refractivity contribution in [3.63, 3.8) is 0 Å². The van der Waals surface area contributed by atoms with E-state index < -0.39 is 0 Å². The number of carbonyl (C=O) groups excluding carboxylic acids is 1. The topological polar surface area (TPSA) is 81.4 Å². The third-order valence-corrected chi connectivity index (χ3v) is 6.07. The fourth-order valence-corrected chi connectivity index (χ4v) is 4.01. The van der Waals surface area contributed by atoms with Gasteiger partial charge >= 0.3 is 0 Å². The number of nitrogens with one attached hydrogen (secondary N) is 1. The van der Waals surface area contributed by atoms with Crippen LogP contribution < -0.4 is 10.2 Å². The molecule has 3 aromatic carbocycles. The number of hydrazone groups is 1. The highest BCUT2D eigenvalue weighted by atomic mass is 32.2. The molecule has 0 saturated heterocycles. The predicted octanol–water partition coefficient (Wildman–Crippen LogP) is 4.88. The van der Waals surface area contributed by atoms with Crippen LogP contribution in [0.1, 0.15) is 18.1 Å². The third-order valence-electron chi connectivity index (χ3n) is 5.15. The summed E-state index contributed by atoms with van der Waals surface area (Å²) in [6.45, 7) is 3.90. The maximum Gasteiger partial charge on any atom is 0.250 e. The van der Waals surface area contributed by atoms with Gasteiger partial charge in [0.2, 0.25) is 0 Å². The molecule has 1 amide bonds. The minimum absolute atomic E-state index is 0.147. The summed E-state index contributed by atoms with van der Waals surface area (Å²) in [6, 6.07) is 25.5. The minimum Gasteiger partial charge on any atom is -0.497 e. The Bertz CT molecular complexity index is 1280. The molecule has 7 nitrogen and oxygen atoms in total. The number of hydrogen-bond donors (Lipinski definition) is 1. The van der Waals surface area contributed by atoms with Crippen molar-refractivity contribution in [3.05, 3.63) is 90.0 Å². The summed E-state index contributed by atoms with van der Waals surface area (Å²) in [6.07, 6.45) is 0. The molecule has 4 aromatic rings. The molecule has 0 aliphatic carbocycles. The number of aromatic nitrogens is 3. The molecule has 0 aliphatic heterocycles. The first-order valence-corrected chi connectivity index (χ1v) is 11.7. The van der Waals surface area contributed by atoms with Crippen molar-refractivity contribution in [2.75, 3.05) is 12.9 Å². The van der Waals surface area contributed by atoms with Crippen molar-refractivity contribution >= 4 is 23.4 Å². The molecule has 0 bridgehead atoms. The number of benzene rings is 3. The molecule has 0 aliphatic rings. The van der Waals surface area contributed by atoms with Crippen molar-refractivity contribution in [2.24, 2.45) is 5.10 Å². The Balaban J connectivity index is 1.55. The Hall–Kier alpha value is -3.91. The standard InChI is InChI=1S/C26H25N5O2S/c1-18-9-11-21(12-10-18)25-29-30-26(31(25)22-13-15-23(33-3)16-14-22)34-17-24(32)28-27-19(2)20-7-5-4-6-8-20/h4-16H,17H2,1-3H3,(H,28,32)/b27-19+. The van der Waals surface area contributed by atoms with Crippen LogP contribution in [0.2, 0.25) is 0 Å². The zero-order valence-electron chi connectivity index (χ0n) is 19.2. The molecule has 0 saturated carbocycles. The number of nitrogens with zero attached hydrogens (tertiary/aromatic N) is 4. The van der Waals surface area contributed by atoms with E-state index in [1.165, 1.54) is 11.8 Å². The lowest BCUT2D eigenvalue weighted by Gasteiger charge is -2.11. The van der Waals surface area contributed by atoms with Gasteiger partial charge in [0.05, 0.1) is 18.6 Å². The number of rotatable bonds is 8. The lowest BCUT2D eigenvalue weighted by molar-refractivity contribution is -0.118. The van der Waals surface area contributed by atoms with Crippen molar-refractivity contribution in [2.45, 2.75) is 19.0 Å². The fourth-order valence-electron chi connectivity index (χ4n) is 3.27. The quantitative estimate of drug-likeness (QED) is 0.225. The summed E-state index contributed by atoms with van der Waals surface area (Å²) in [5, 5.41) is 13.6. The zero-order chi connectivity index (χ0) is 23.9. The molecule has 8 heteroatoms. The average Bonchev–Trinajstić information content (AvgIpc) is 3.31. The normalized spacial score (nSPS) is 11.3. The van der Waals surface area contributed by atoms with E-state index >= 15 is 0 Å². The lowest BCUT2D eigenvalue weighted by Crippen LogP contribution is -2.21. The Kier molecular flexibility index (Phi) is 7.39. The maximum absolute atomic E-state index is 12.5. The molecule has 172 valence electrons. The van der Waals surface area contributed by atoms with Crippen LogP contribution in [-0.2, 0) is 4.79 Å². The summed E-state index contributed by atoms with van der Waals surface area (Å²) in [4.78, 5) is 12.5. The van der Waals surface area contributed by atoms with Crippen molar-refractivity contribution < 1.29 is 9.53 Å². The molecule has 1 aromatic heterocycles. The molecular weight excluding hydrogens is 446 g/mol. The van der Waals surface area contributed by atoms with Gasteiger partial charge in [-0.25, -0.2) is 5.43 Å². The van der Waals surface area contributed by atoms with Gasteiger partial charge in [-0.2, -0.15) is 5.10 Å². The highest BCUT2D eigenvalue weighted by Crippen LogP contribution is 2.29. The van der Waals surface area contributed by atoms with Gasteiger partial charge in [0.1, 0.15) is 5.75 Å². The van der Waals surface area contributed by atoms with Crippen LogP contribution >= 0.6 is 11.8 Å². The Labute approximate surface area is 202 Å². The predicted molar refractivity (Wildman–Crippen MR) is 136 cm³/mol. The maximum atomic E-state index is 12.5. The first-order chi connectivity index (χ1) is 16.5. The number of ether oxygens (including phenoxy) is 1. The van der Waals surface area contributed by atoms with Gasteiger partial charge in [0.25, 0.3) is 5.91 Å². The first kappa shape index (κ1) is 23.3. The average molecular weight is 472 g/mol. The Morgan fingerprint density at radius 1 is 1.00 bits per heavy atom. The largest absolute Gasteiger partial charge is 0.497 e. The summed E-state index contributed by atoms with van der Waals surface area (Å²) >= 11 is 1.30. The number of amides is 1. The van der Waals surface area contributed by atoms with Crippen molar-refractivity contribution in [3.8, 4) is 22.8 Å². The molecular formula is C26H25N5O2S. The summed E-state index contributed by atoms with van der Waals surface area (Å²) in [5.74, 6) is 1.38. The van der Waals surface area contributed by atoms with Crippen molar-refractivity contribution in [1.29, 1.82) is 0 Å². The first-order valence-electron chi connectivity index (χ1n) is 10.7. The van der Waals surface area contributed by atoms with Gasteiger partial charge in [-0.15, -0.1) is 10.2 Å². The van der Waals surface area contributed by atoms with Crippen LogP contribution in [0.15, 0.2) is 89.1 Å². The second-order valence-corrected chi connectivity index (χ2v) is 8.54. The van der Waals surface area contributed by atoms with Gasteiger partial charge in [-0.1, -0.05) is 71.9 Å². The van der Waals surface area contributed by atoms with Gasteiger partial charge in [-0.05, 0) is 43.7 Å². The van der Waals surface area contributed by atoms with Crippen LogP contribution in [0.4, 0.5) is 0 Å². The second kappa shape index (κ2) is 10.8. The van der Waals surface area contributed by atoms with Gasteiger partial charge in [0, 0.05) is 11.3 Å². The van der Waals surface area contributed by atoms with E-state index in [0.717, 1.165) is 33.8 Å². The van der Waals surface area contributed by atoms with Crippen LogP contribution in [0, 0.1) is 6.92 Å². The molecule has 0 radical (unpaired) electrons. The number of methoxy groups -OCH3 is 1. The van der Waals surface area contributed by atoms with E-state index in [4.69, 9.17) is 4.74 Å². The highest BCUT2D eigenvalue weighted by Gasteiger charge is 2.17. The Morgan fingerprint density at radius 2 is 1.71 bits per heavy atom. The van der Waals surface area contributed by atoms with Crippen LogP contribution in [-0.4, -0.2) is 39.2 Å². The molecule has 0 unspecified atom stereocenters. The molecule has 1 N–H and O–H groups in total. The van der Waals surface area contributed by atoms with Gasteiger partial charge < -0.3 is 4.74 Å². The van der Waals surface area contributed by atoms with Gasteiger partial charge in [-0.3, -0.25) is 9.36 Å². The SMILES string of the molecule is COc1ccc(-n2c(SCC(=O)N/N=C(\C)c3ccccc3)nnc2-c2ccc(C)cc2)cc1. The van der Waals surface area contributed by atoms with Crippen molar-refractivity contribution in [1.82, 2.24) is 20.2 Å². The molecule has 0 atom stereocenters. The van der Waals surface area contributed by atoms with E-state index in [-0.39, 0.29) is 11.7 Å². The van der Waals surface area contributed by atoms with E-state index in [1.807, 2.05) is 97.3 Å². The van der Waals surface area contributed by atoms with E-state index in [0.29, 0.717) is 11.0 Å². The van der Waals surface area contributed by atoms with Crippen LogP contribution in [0.5, 0.6) is 5.75 Å². The molecule has 34 heavy (non-hydrogen) atoms. The number of hydrogen-bond acceptors (Lipinski definition) is 6. The van der Waals surface area contributed by atoms with E-state index in [2.05, 4.69) is 20.7 Å². The molecule has 0 spiro atoms. The van der Waals surface area contributed by atoms with E-state index in [1.54, 1.807) is 7.11 Å². The van der Waals surface area contributed by atoms with Crippen LogP contribution in [0.3, 0.4) is 0 Å². The number of thioether (sulfide) groups is 1. The molecule has 4 rings (SSSR count). The molecule has 1 heterocycles. The molecule has 0 fully saturated rings. The summed E-state index contributed by atoms with van der Waals surface area (Å²) < 4.78 is 7.24. The smallest absolute Gasteiger partial charge is 0.250 e. The highest BCUT2D eigenvalue weighted by molar-refractivity contribution is 7.99. The van der Waals surface area contributed by atoms with Gasteiger partial charge in [0.15, 0.2) is 11.0 Å². The summed E-state index contributed by atoms with van der Waals surface area (Å²) in [5.41, 5.74) is 7.30. The lowest BCUT2D eigenvalue weighted by atomic mass is 10.1. The summed E-state index contributed by atoms with van der Waals surface area (Å²) in [7, 11) is 1.63. The number of carbonyl (C=O) groups is 1. The third kappa shape index (κ3) is 5.52. The Morgan fingerprint density at radius 3 is 2.38 bits per heavy atom. The zero-order valence-corrected chi connectivity index (χ0v) is 20.0. The number of aryl methyl sites for hydroxylation is 1. The van der Waals surface area contributed by atoms with E-state index in [9.17, 15) is 4.79 Å². The fraction of sp³-hybridized carbons (Fsp3) is 0.154. The monoisotopic (exact) mass is 471 g/mol. The van der Waals surface area contributed by atoms with Crippen LogP contribution in [0.25, 0.3) is 17.1 Å².